The van der Waals surface area contributed by atoms with Crippen molar-refractivity contribution >= 4 is 11.8 Å². The van der Waals surface area contributed by atoms with Crippen LogP contribution in [-0.4, -0.2) is 22.8 Å². The van der Waals surface area contributed by atoms with Gasteiger partial charge in [0.25, 0.3) is 0 Å². The summed E-state index contributed by atoms with van der Waals surface area (Å²) in [4.78, 5) is 24.7. The van der Waals surface area contributed by atoms with Crippen molar-refractivity contribution in [3.8, 4) is 6.07 Å². The number of imide groups is 1. The molecule has 1 aliphatic heterocycles. The predicted molar refractivity (Wildman–Crippen MR) is 54.5 cm³/mol. The summed E-state index contributed by atoms with van der Waals surface area (Å²) in [6.45, 7) is 5.42. The highest BCUT2D eigenvalue weighted by Crippen LogP contribution is 2.28. The van der Waals surface area contributed by atoms with Gasteiger partial charge in [-0.25, -0.2) is 0 Å². The van der Waals surface area contributed by atoms with Crippen LogP contribution in [0.1, 0.15) is 33.6 Å². The molecule has 0 aromatic carbocycles. The Morgan fingerprint density at radius 1 is 1.33 bits per heavy atom. The van der Waals surface area contributed by atoms with Crippen LogP contribution < -0.4 is 0 Å². The standard InChI is InChI=1S/C11H16N2O2/c1-4-5-9(6-12)13-10(14)7(2)8(3)11(13)15/h7-9H,4-5H2,1-3H3. The normalized spacial score (nSPS) is 28.0. The second-order valence-electron chi connectivity index (χ2n) is 4.06. The zero-order valence-corrected chi connectivity index (χ0v) is 9.36. The Morgan fingerprint density at radius 3 is 2.13 bits per heavy atom. The van der Waals surface area contributed by atoms with Gasteiger partial charge in [0.2, 0.25) is 11.8 Å². The van der Waals surface area contributed by atoms with Crippen LogP contribution in [-0.2, 0) is 9.59 Å². The zero-order valence-electron chi connectivity index (χ0n) is 9.36. The SMILES string of the molecule is CCCC(C#N)N1C(=O)C(C)C(C)C1=O. The van der Waals surface area contributed by atoms with Crippen LogP contribution >= 0.6 is 0 Å². The van der Waals surface area contributed by atoms with Crippen LogP contribution in [0.3, 0.4) is 0 Å². The highest BCUT2D eigenvalue weighted by Gasteiger charge is 2.45. The summed E-state index contributed by atoms with van der Waals surface area (Å²) in [7, 11) is 0. The first-order chi connectivity index (χ1) is 7.04. The van der Waals surface area contributed by atoms with Gasteiger partial charge in [0, 0.05) is 11.8 Å². The number of hydrogen-bond donors (Lipinski definition) is 0. The molecule has 82 valence electrons. The summed E-state index contributed by atoms with van der Waals surface area (Å²) in [6, 6.07) is 1.45. The van der Waals surface area contributed by atoms with Crippen molar-refractivity contribution < 1.29 is 9.59 Å². The number of carbonyl (C=O) groups excluding carboxylic acids is 2. The van der Waals surface area contributed by atoms with Gasteiger partial charge in [-0.2, -0.15) is 5.26 Å². The van der Waals surface area contributed by atoms with Crippen molar-refractivity contribution in [3.05, 3.63) is 0 Å². The molecule has 1 saturated heterocycles. The highest BCUT2D eigenvalue weighted by atomic mass is 16.2. The molecule has 4 heteroatoms. The summed E-state index contributed by atoms with van der Waals surface area (Å²) in [5.41, 5.74) is 0. The summed E-state index contributed by atoms with van der Waals surface area (Å²) in [6.07, 6.45) is 1.35. The van der Waals surface area contributed by atoms with Gasteiger partial charge < -0.3 is 0 Å². The maximum Gasteiger partial charge on any atom is 0.233 e. The second kappa shape index (κ2) is 4.43. The van der Waals surface area contributed by atoms with E-state index in [9.17, 15) is 9.59 Å². The van der Waals surface area contributed by atoms with E-state index in [2.05, 4.69) is 0 Å². The molecule has 2 amide bonds. The van der Waals surface area contributed by atoms with Crippen LogP contribution in [0, 0.1) is 23.2 Å². The fourth-order valence-electron chi connectivity index (χ4n) is 1.81. The van der Waals surface area contributed by atoms with Crippen molar-refractivity contribution in [3.63, 3.8) is 0 Å². The topological polar surface area (TPSA) is 61.2 Å². The molecule has 0 aliphatic carbocycles. The molecule has 4 nitrogen and oxygen atoms in total. The minimum absolute atomic E-state index is 0.201. The maximum atomic E-state index is 11.8. The number of rotatable bonds is 3. The predicted octanol–water partition coefficient (Wildman–Crippen LogP) is 1.32. The van der Waals surface area contributed by atoms with Gasteiger partial charge in [0.05, 0.1) is 6.07 Å². The minimum atomic E-state index is -0.581. The summed E-state index contributed by atoms with van der Waals surface area (Å²) in [5, 5.41) is 8.93. The first-order valence-corrected chi connectivity index (χ1v) is 5.31. The monoisotopic (exact) mass is 208 g/mol. The van der Waals surface area contributed by atoms with E-state index >= 15 is 0 Å². The van der Waals surface area contributed by atoms with Gasteiger partial charge >= 0.3 is 0 Å². The van der Waals surface area contributed by atoms with Crippen LogP contribution in [0.4, 0.5) is 0 Å². The fraction of sp³-hybridized carbons (Fsp3) is 0.727. The Bertz CT molecular complexity index is 299. The molecule has 3 unspecified atom stereocenters. The van der Waals surface area contributed by atoms with E-state index in [-0.39, 0.29) is 23.7 Å². The van der Waals surface area contributed by atoms with Gasteiger partial charge in [-0.3, -0.25) is 14.5 Å². The molecule has 1 heterocycles. The summed E-state index contributed by atoms with van der Waals surface area (Å²) < 4.78 is 0. The lowest BCUT2D eigenvalue weighted by Gasteiger charge is -2.19. The lowest BCUT2D eigenvalue weighted by atomic mass is 10.00. The average Bonchev–Trinajstić information content (AvgIpc) is 2.41. The second-order valence-corrected chi connectivity index (χ2v) is 4.06. The molecule has 0 radical (unpaired) electrons. The molecule has 0 spiro atoms. The molecule has 0 bridgehead atoms. The van der Waals surface area contributed by atoms with E-state index in [1.807, 2.05) is 13.0 Å². The maximum absolute atomic E-state index is 11.8. The first-order valence-electron chi connectivity index (χ1n) is 5.31. The Morgan fingerprint density at radius 2 is 1.80 bits per heavy atom. The van der Waals surface area contributed by atoms with Gasteiger partial charge in [0.1, 0.15) is 6.04 Å². The van der Waals surface area contributed by atoms with Gasteiger partial charge in [-0.05, 0) is 6.42 Å². The fourth-order valence-corrected chi connectivity index (χ4v) is 1.81. The highest BCUT2D eigenvalue weighted by molar-refractivity contribution is 6.05. The van der Waals surface area contributed by atoms with Crippen LogP contribution in [0.2, 0.25) is 0 Å². The van der Waals surface area contributed by atoms with E-state index in [0.717, 1.165) is 11.3 Å². The van der Waals surface area contributed by atoms with E-state index in [4.69, 9.17) is 5.26 Å². The summed E-state index contributed by atoms with van der Waals surface area (Å²) >= 11 is 0. The van der Waals surface area contributed by atoms with Gasteiger partial charge in [0.15, 0.2) is 0 Å². The number of carbonyl (C=O) groups is 2. The number of amides is 2. The zero-order chi connectivity index (χ0) is 11.6. The van der Waals surface area contributed by atoms with Crippen LogP contribution in [0.25, 0.3) is 0 Å². The first kappa shape index (κ1) is 11.7. The van der Waals surface area contributed by atoms with Crippen LogP contribution in [0.15, 0.2) is 0 Å². The largest absolute Gasteiger partial charge is 0.274 e. The quantitative estimate of drug-likeness (QED) is 0.657. The van der Waals surface area contributed by atoms with Gasteiger partial charge in [-0.1, -0.05) is 27.2 Å². The molecule has 0 saturated carbocycles. The molecule has 15 heavy (non-hydrogen) atoms. The third-order valence-corrected chi connectivity index (χ3v) is 3.03. The number of likely N-dealkylation sites (tertiary alicyclic amines) is 1. The van der Waals surface area contributed by atoms with Crippen molar-refractivity contribution in [1.82, 2.24) is 4.90 Å². The lowest BCUT2D eigenvalue weighted by Crippen LogP contribution is -2.39. The Balaban J connectivity index is 2.91. The molecule has 0 aromatic heterocycles. The molecule has 1 rings (SSSR count). The summed E-state index contributed by atoms with van der Waals surface area (Å²) in [5.74, 6) is -0.976. The Hall–Kier alpha value is -1.37. The smallest absolute Gasteiger partial charge is 0.233 e. The Labute approximate surface area is 89.9 Å². The minimum Gasteiger partial charge on any atom is -0.274 e. The number of hydrogen-bond acceptors (Lipinski definition) is 3. The molecule has 1 aliphatic rings. The lowest BCUT2D eigenvalue weighted by molar-refractivity contribution is -0.141. The molecular weight excluding hydrogens is 192 g/mol. The average molecular weight is 208 g/mol. The van der Waals surface area contributed by atoms with Crippen molar-refractivity contribution in [1.29, 1.82) is 5.26 Å². The van der Waals surface area contributed by atoms with E-state index in [0.29, 0.717) is 6.42 Å². The number of nitriles is 1. The van der Waals surface area contributed by atoms with E-state index in [1.165, 1.54) is 0 Å². The number of nitrogens with zero attached hydrogens (tertiary/aromatic N) is 2. The third-order valence-electron chi connectivity index (χ3n) is 3.03. The van der Waals surface area contributed by atoms with Crippen molar-refractivity contribution in [2.24, 2.45) is 11.8 Å². The van der Waals surface area contributed by atoms with Crippen molar-refractivity contribution in [2.75, 3.05) is 0 Å². The third kappa shape index (κ3) is 1.87. The molecule has 0 N–H and O–H groups in total. The van der Waals surface area contributed by atoms with Gasteiger partial charge in [-0.15, -0.1) is 0 Å². The van der Waals surface area contributed by atoms with E-state index < -0.39 is 6.04 Å². The molecular formula is C11H16N2O2. The molecule has 1 fully saturated rings. The van der Waals surface area contributed by atoms with E-state index in [1.54, 1.807) is 13.8 Å². The molecule has 0 aromatic rings. The Kier molecular flexibility index (Phi) is 3.46. The van der Waals surface area contributed by atoms with Crippen molar-refractivity contribution in [2.45, 2.75) is 39.7 Å². The van der Waals surface area contributed by atoms with Crippen LogP contribution in [0.5, 0.6) is 0 Å². The molecule has 3 atom stereocenters.